The number of rotatable bonds is 5. The Balaban J connectivity index is 2.99. The molecule has 1 aromatic rings. The van der Waals surface area contributed by atoms with Crippen LogP contribution in [-0.2, 0) is 10.0 Å². The van der Waals surface area contributed by atoms with E-state index < -0.39 is 10.0 Å². The molecule has 1 heterocycles. The summed E-state index contributed by atoms with van der Waals surface area (Å²) in [6.45, 7) is 6.52. The fourth-order valence-corrected chi connectivity index (χ4v) is 5.19. The monoisotopic (exact) mass is 339 g/mol. The van der Waals surface area contributed by atoms with Gasteiger partial charge in [-0.15, -0.1) is 11.3 Å². The number of aryl methyl sites for hydroxylation is 1. The summed E-state index contributed by atoms with van der Waals surface area (Å²) in [4.78, 5) is 1.24. The summed E-state index contributed by atoms with van der Waals surface area (Å²) in [7, 11) is -1.69. The summed E-state index contributed by atoms with van der Waals surface area (Å²) >= 11 is 4.77. The molecule has 0 amide bonds. The van der Waals surface area contributed by atoms with E-state index in [1.165, 1.54) is 15.6 Å². The van der Waals surface area contributed by atoms with E-state index in [2.05, 4.69) is 29.8 Å². The Morgan fingerprint density at radius 3 is 2.53 bits per heavy atom. The van der Waals surface area contributed by atoms with Crippen molar-refractivity contribution in [2.45, 2.75) is 32.1 Å². The van der Waals surface area contributed by atoms with E-state index >= 15 is 0 Å². The molecule has 6 heteroatoms. The third-order valence-corrected chi connectivity index (χ3v) is 6.43. The normalized spacial score (nSPS) is 14.2. The Bertz CT molecular complexity index is 482. The SMILES string of the molecule is CCC(C)CN(C)S(=O)(=O)c1cc(Br)sc1C. The lowest BCUT2D eigenvalue weighted by atomic mass is 10.1. The van der Waals surface area contributed by atoms with Gasteiger partial charge in [0, 0.05) is 18.5 Å². The zero-order valence-corrected chi connectivity index (χ0v) is 13.7. The van der Waals surface area contributed by atoms with Crippen LogP contribution in [0.25, 0.3) is 0 Å². The van der Waals surface area contributed by atoms with Crippen molar-refractivity contribution in [3.8, 4) is 0 Å². The zero-order valence-electron chi connectivity index (χ0n) is 10.5. The van der Waals surface area contributed by atoms with Gasteiger partial charge in [0.15, 0.2) is 0 Å². The second kappa shape index (κ2) is 5.82. The minimum atomic E-state index is -3.34. The Morgan fingerprint density at radius 1 is 1.53 bits per heavy atom. The van der Waals surface area contributed by atoms with E-state index in [1.807, 2.05) is 6.92 Å². The van der Waals surface area contributed by atoms with E-state index in [4.69, 9.17) is 0 Å². The fourth-order valence-electron chi connectivity index (χ4n) is 1.52. The van der Waals surface area contributed by atoms with E-state index in [-0.39, 0.29) is 0 Å². The van der Waals surface area contributed by atoms with Crippen LogP contribution in [-0.4, -0.2) is 26.3 Å². The smallest absolute Gasteiger partial charge is 0.207 e. The topological polar surface area (TPSA) is 37.4 Å². The third-order valence-electron chi connectivity index (χ3n) is 2.80. The molecule has 1 unspecified atom stereocenters. The lowest BCUT2D eigenvalue weighted by Crippen LogP contribution is -2.31. The van der Waals surface area contributed by atoms with Crippen LogP contribution in [0.1, 0.15) is 25.1 Å². The fraction of sp³-hybridized carbons (Fsp3) is 0.636. The molecule has 17 heavy (non-hydrogen) atoms. The van der Waals surface area contributed by atoms with Gasteiger partial charge in [0.2, 0.25) is 10.0 Å². The van der Waals surface area contributed by atoms with Crippen LogP contribution in [0.3, 0.4) is 0 Å². The molecule has 0 saturated carbocycles. The lowest BCUT2D eigenvalue weighted by molar-refractivity contribution is 0.393. The number of thiophene rings is 1. The third kappa shape index (κ3) is 3.53. The van der Waals surface area contributed by atoms with Crippen molar-refractivity contribution in [1.29, 1.82) is 0 Å². The maximum absolute atomic E-state index is 12.3. The van der Waals surface area contributed by atoms with E-state index in [0.29, 0.717) is 17.4 Å². The quantitative estimate of drug-likeness (QED) is 0.823. The van der Waals surface area contributed by atoms with Gasteiger partial charge in [-0.1, -0.05) is 20.3 Å². The predicted molar refractivity (Wildman–Crippen MR) is 76.0 cm³/mol. The van der Waals surface area contributed by atoms with Gasteiger partial charge >= 0.3 is 0 Å². The average Bonchev–Trinajstić information content (AvgIpc) is 2.58. The Labute approximate surface area is 116 Å². The Hall–Kier alpha value is 0.0900. The minimum absolute atomic E-state index is 0.372. The molecule has 0 fully saturated rings. The maximum atomic E-state index is 12.3. The molecule has 0 spiro atoms. The van der Waals surface area contributed by atoms with Gasteiger partial charge in [-0.3, -0.25) is 0 Å². The Kier molecular flexibility index (Phi) is 5.19. The minimum Gasteiger partial charge on any atom is -0.207 e. The van der Waals surface area contributed by atoms with Gasteiger partial charge in [0.25, 0.3) is 0 Å². The molecule has 3 nitrogen and oxygen atoms in total. The zero-order chi connectivity index (χ0) is 13.2. The van der Waals surface area contributed by atoms with Crippen LogP contribution in [0.5, 0.6) is 0 Å². The number of nitrogens with zero attached hydrogens (tertiary/aromatic N) is 1. The summed E-state index contributed by atoms with van der Waals surface area (Å²) in [5.41, 5.74) is 0. The van der Waals surface area contributed by atoms with Crippen molar-refractivity contribution < 1.29 is 8.42 Å². The highest BCUT2D eigenvalue weighted by atomic mass is 79.9. The van der Waals surface area contributed by atoms with Crippen molar-refractivity contribution >= 4 is 37.3 Å². The van der Waals surface area contributed by atoms with Crippen molar-refractivity contribution in [2.24, 2.45) is 5.92 Å². The average molecular weight is 340 g/mol. The molecule has 0 aliphatic rings. The molecule has 0 N–H and O–H groups in total. The van der Waals surface area contributed by atoms with E-state index in [9.17, 15) is 8.42 Å². The second-order valence-corrected chi connectivity index (χ2v) is 8.92. The maximum Gasteiger partial charge on any atom is 0.243 e. The molecule has 1 atom stereocenters. The summed E-state index contributed by atoms with van der Waals surface area (Å²) in [5, 5.41) is 0. The molecule has 1 aromatic heterocycles. The van der Waals surface area contributed by atoms with E-state index in [1.54, 1.807) is 13.1 Å². The summed E-state index contributed by atoms with van der Waals surface area (Å²) in [5.74, 6) is 0.372. The lowest BCUT2D eigenvalue weighted by Gasteiger charge is -2.20. The van der Waals surface area contributed by atoms with Gasteiger partial charge in [0.1, 0.15) is 0 Å². The molecule has 0 saturated heterocycles. The van der Waals surface area contributed by atoms with Crippen LogP contribution in [0, 0.1) is 12.8 Å². The van der Waals surface area contributed by atoms with Gasteiger partial charge in [0.05, 0.1) is 8.68 Å². The van der Waals surface area contributed by atoms with Crippen molar-refractivity contribution in [2.75, 3.05) is 13.6 Å². The standard InChI is InChI=1S/C11H18BrNO2S2/c1-5-8(2)7-13(4)17(14,15)10-6-11(12)16-9(10)3/h6,8H,5,7H2,1-4H3. The first-order valence-electron chi connectivity index (χ1n) is 5.51. The van der Waals surface area contributed by atoms with Gasteiger partial charge in [-0.25, -0.2) is 12.7 Å². The van der Waals surface area contributed by atoms with E-state index in [0.717, 1.165) is 15.1 Å². The molecule has 0 bridgehead atoms. The van der Waals surface area contributed by atoms with Gasteiger partial charge < -0.3 is 0 Å². The molecule has 0 aliphatic carbocycles. The second-order valence-electron chi connectivity index (χ2n) is 4.27. The summed E-state index contributed by atoms with van der Waals surface area (Å²) in [6.07, 6.45) is 0.978. The van der Waals surface area contributed by atoms with Crippen LogP contribution in [0.2, 0.25) is 0 Å². The molecule has 0 radical (unpaired) electrons. The van der Waals surface area contributed by atoms with Crippen LogP contribution < -0.4 is 0 Å². The molecule has 0 aliphatic heterocycles. The Morgan fingerprint density at radius 2 is 2.12 bits per heavy atom. The number of sulfonamides is 1. The summed E-state index contributed by atoms with van der Waals surface area (Å²) < 4.78 is 27.0. The summed E-state index contributed by atoms with van der Waals surface area (Å²) in [6, 6.07) is 1.68. The van der Waals surface area contributed by atoms with Crippen molar-refractivity contribution in [1.82, 2.24) is 4.31 Å². The van der Waals surface area contributed by atoms with Crippen molar-refractivity contribution in [3.63, 3.8) is 0 Å². The van der Waals surface area contributed by atoms with Crippen LogP contribution in [0.15, 0.2) is 14.7 Å². The van der Waals surface area contributed by atoms with Crippen LogP contribution >= 0.6 is 27.3 Å². The molecular weight excluding hydrogens is 322 g/mol. The number of hydrogen-bond acceptors (Lipinski definition) is 3. The molecular formula is C11H18BrNO2S2. The molecule has 98 valence electrons. The first kappa shape index (κ1) is 15.1. The highest BCUT2D eigenvalue weighted by Gasteiger charge is 2.25. The van der Waals surface area contributed by atoms with Gasteiger partial charge in [-0.05, 0) is 34.8 Å². The highest BCUT2D eigenvalue weighted by Crippen LogP contribution is 2.31. The van der Waals surface area contributed by atoms with Crippen LogP contribution in [0.4, 0.5) is 0 Å². The first-order chi connectivity index (χ1) is 7.78. The highest BCUT2D eigenvalue weighted by molar-refractivity contribution is 9.11. The van der Waals surface area contributed by atoms with Gasteiger partial charge in [-0.2, -0.15) is 0 Å². The molecule has 0 aromatic carbocycles. The van der Waals surface area contributed by atoms with Crippen molar-refractivity contribution in [3.05, 3.63) is 14.7 Å². The largest absolute Gasteiger partial charge is 0.243 e. The first-order valence-corrected chi connectivity index (χ1v) is 8.56. The molecule has 1 rings (SSSR count). The predicted octanol–water partition coefficient (Wildman–Crippen LogP) is 3.49. The number of halogens is 1. The number of hydrogen-bond donors (Lipinski definition) is 0.